The molecule has 0 aliphatic carbocycles. The lowest BCUT2D eigenvalue weighted by atomic mass is 9.99. The summed E-state index contributed by atoms with van der Waals surface area (Å²) in [5.41, 5.74) is 6.70. The molecule has 6 nitrogen and oxygen atoms in total. The SMILES string of the molecule is CC(O)C(C)(C)NC(=O)c1ccn(-c2cccc(N)c2)n1. The van der Waals surface area contributed by atoms with Gasteiger partial charge in [0, 0.05) is 11.9 Å². The molecule has 0 saturated carbocycles. The fraction of sp³-hybridized carbons (Fsp3) is 0.333. The minimum absolute atomic E-state index is 0.283. The number of nitrogen functional groups attached to an aromatic ring is 1. The average Bonchev–Trinajstić information content (AvgIpc) is 2.87. The van der Waals surface area contributed by atoms with Crippen molar-refractivity contribution in [2.45, 2.75) is 32.4 Å². The smallest absolute Gasteiger partial charge is 0.272 e. The number of hydrogen-bond acceptors (Lipinski definition) is 4. The van der Waals surface area contributed by atoms with Crippen LogP contribution in [0.4, 0.5) is 5.69 Å². The first-order chi connectivity index (χ1) is 9.79. The first kappa shape index (κ1) is 15.1. The van der Waals surface area contributed by atoms with Crippen LogP contribution in [0.3, 0.4) is 0 Å². The minimum atomic E-state index is -0.724. The highest BCUT2D eigenvalue weighted by atomic mass is 16.3. The number of carbonyl (C=O) groups is 1. The maximum Gasteiger partial charge on any atom is 0.272 e. The first-order valence-corrected chi connectivity index (χ1v) is 6.72. The van der Waals surface area contributed by atoms with Crippen LogP contribution in [0.2, 0.25) is 0 Å². The van der Waals surface area contributed by atoms with Crippen LogP contribution >= 0.6 is 0 Å². The van der Waals surface area contributed by atoms with Gasteiger partial charge >= 0.3 is 0 Å². The number of aliphatic hydroxyl groups excluding tert-OH is 1. The van der Waals surface area contributed by atoms with Crippen molar-refractivity contribution in [2.24, 2.45) is 0 Å². The second kappa shape index (κ2) is 5.57. The van der Waals surface area contributed by atoms with E-state index in [4.69, 9.17) is 5.73 Å². The van der Waals surface area contributed by atoms with Gasteiger partial charge in [0.1, 0.15) is 0 Å². The average molecular weight is 288 g/mol. The molecule has 21 heavy (non-hydrogen) atoms. The summed E-state index contributed by atoms with van der Waals surface area (Å²) in [7, 11) is 0. The first-order valence-electron chi connectivity index (χ1n) is 6.72. The zero-order valence-electron chi connectivity index (χ0n) is 12.4. The molecule has 0 saturated heterocycles. The normalized spacial score (nSPS) is 13.0. The second-order valence-electron chi connectivity index (χ2n) is 5.59. The molecule has 4 N–H and O–H groups in total. The van der Waals surface area contributed by atoms with Crippen molar-refractivity contribution in [1.82, 2.24) is 15.1 Å². The molecule has 1 heterocycles. The predicted molar refractivity (Wildman–Crippen MR) is 81.2 cm³/mol. The Kier molecular flexibility index (Phi) is 3.99. The fourth-order valence-corrected chi connectivity index (χ4v) is 1.72. The highest BCUT2D eigenvalue weighted by Crippen LogP contribution is 2.13. The summed E-state index contributed by atoms with van der Waals surface area (Å²) >= 11 is 0. The lowest BCUT2D eigenvalue weighted by Gasteiger charge is -2.28. The lowest BCUT2D eigenvalue weighted by Crippen LogP contribution is -2.51. The molecule has 1 atom stereocenters. The molecule has 6 heteroatoms. The van der Waals surface area contributed by atoms with Crippen LogP contribution in [0, 0.1) is 0 Å². The third-order valence-corrected chi connectivity index (χ3v) is 3.44. The minimum Gasteiger partial charge on any atom is -0.399 e. The van der Waals surface area contributed by atoms with E-state index in [1.165, 1.54) is 0 Å². The van der Waals surface area contributed by atoms with E-state index in [9.17, 15) is 9.90 Å². The molecule has 1 aromatic heterocycles. The summed E-state index contributed by atoms with van der Waals surface area (Å²) in [6, 6.07) is 8.85. The largest absolute Gasteiger partial charge is 0.399 e. The van der Waals surface area contributed by atoms with Crippen LogP contribution in [0.15, 0.2) is 36.5 Å². The summed E-state index contributed by atoms with van der Waals surface area (Å²) in [6.07, 6.45) is 1.02. The molecule has 0 radical (unpaired) electrons. The molecular weight excluding hydrogens is 268 g/mol. The van der Waals surface area contributed by atoms with Gasteiger partial charge in [-0.3, -0.25) is 4.79 Å². The van der Waals surface area contributed by atoms with Crippen molar-refractivity contribution in [1.29, 1.82) is 0 Å². The molecule has 1 amide bonds. The van der Waals surface area contributed by atoms with Crippen LogP contribution in [-0.2, 0) is 0 Å². The van der Waals surface area contributed by atoms with Gasteiger partial charge in [-0.05, 0) is 45.0 Å². The Bertz CT molecular complexity index is 647. The van der Waals surface area contributed by atoms with Gasteiger partial charge in [-0.1, -0.05) is 6.07 Å². The van der Waals surface area contributed by atoms with Crippen molar-refractivity contribution < 1.29 is 9.90 Å². The van der Waals surface area contributed by atoms with Gasteiger partial charge in [-0.2, -0.15) is 5.10 Å². The van der Waals surface area contributed by atoms with E-state index >= 15 is 0 Å². The molecule has 0 fully saturated rings. The zero-order chi connectivity index (χ0) is 15.6. The van der Waals surface area contributed by atoms with Crippen LogP contribution < -0.4 is 11.1 Å². The number of benzene rings is 1. The molecule has 112 valence electrons. The van der Waals surface area contributed by atoms with E-state index < -0.39 is 11.6 Å². The van der Waals surface area contributed by atoms with Crippen molar-refractivity contribution in [2.75, 3.05) is 5.73 Å². The number of amides is 1. The van der Waals surface area contributed by atoms with Gasteiger partial charge in [-0.15, -0.1) is 0 Å². The number of hydrogen-bond donors (Lipinski definition) is 3. The van der Waals surface area contributed by atoms with Gasteiger partial charge in [-0.25, -0.2) is 4.68 Å². The van der Waals surface area contributed by atoms with Crippen LogP contribution in [0.1, 0.15) is 31.3 Å². The number of aliphatic hydroxyl groups is 1. The van der Waals surface area contributed by atoms with Gasteiger partial charge < -0.3 is 16.2 Å². The summed E-state index contributed by atoms with van der Waals surface area (Å²) in [4.78, 5) is 12.2. The van der Waals surface area contributed by atoms with Crippen molar-refractivity contribution in [3.05, 3.63) is 42.2 Å². The monoisotopic (exact) mass is 288 g/mol. The van der Waals surface area contributed by atoms with Gasteiger partial charge in [0.05, 0.1) is 17.3 Å². The zero-order valence-corrected chi connectivity index (χ0v) is 12.4. The third kappa shape index (κ3) is 3.41. The predicted octanol–water partition coefficient (Wildman–Crippen LogP) is 1.34. The fourth-order valence-electron chi connectivity index (χ4n) is 1.72. The Balaban J connectivity index is 2.18. The quantitative estimate of drug-likeness (QED) is 0.740. The number of nitrogens with two attached hydrogens (primary N) is 1. The lowest BCUT2D eigenvalue weighted by molar-refractivity contribution is 0.0705. The Hall–Kier alpha value is -2.34. The summed E-state index contributed by atoms with van der Waals surface area (Å²) < 4.78 is 1.58. The standard InChI is InChI=1S/C15H20N4O2/c1-10(20)15(2,3)17-14(21)13-7-8-19(18-13)12-6-4-5-11(16)9-12/h4-10,20H,16H2,1-3H3,(H,17,21). The Labute approximate surface area is 123 Å². The number of nitrogens with zero attached hydrogens (tertiary/aromatic N) is 2. The summed E-state index contributed by atoms with van der Waals surface area (Å²) in [5, 5.41) is 16.6. The molecule has 2 rings (SSSR count). The van der Waals surface area contributed by atoms with Gasteiger partial charge in [0.25, 0.3) is 5.91 Å². The molecule has 0 aliphatic heterocycles. The van der Waals surface area contributed by atoms with Crippen LogP contribution in [0.25, 0.3) is 5.69 Å². The Morgan fingerprint density at radius 1 is 1.43 bits per heavy atom. The third-order valence-electron chi connectivity index (χ3n) is 3.44. The van der Waals surface area contributed by atoms with Crippen molar-refractivity contribution in [3.63, 3.8) is 0 Å². The number of rotatable bonds is 4. The molecule has 0 bridgehead atoms. The van der Waals surface area contributed by atoms with E-state index in [0.717, 1.165) is 5.69 Å². The molecule has 0 spiro atoms. The van der Waals surface area contributed by atoms with E-state index in [-0.39, 0.29) is 11.6 Å². The second-order valence-corrected chi connectivity index (χ2v) is 5.59. The summed E-state index contributed by atoms with van der Waals surface area (Å²) in [6.45, 7) is 5.14. The van der Waals surface area contributed by atoms with E-state index in [0.29, 0.717) is 5.69 Å². The topological polar surface area (TPSA) is 93.2 Å². The highest BCUT2D eigenvalue weighted by molar-refractivity contribution is 5.92. The highest BCUT2D eigenvalue weighted by Gasteiger charge is 2.27. The van der Waals surface area contributed by atoms with E-state index in [2.05, 4.69) is 10.4 Å². The number of anilines is 1. The number of nitrogens with one attached hydrogen (secondary N) is 1. The van der Waals surface area contributed by atoms with Crippen LogP contribution in [-0.4, -0.2) is 32.4 Å². The van der Waals surface area contributed by atoms with E-state index in [1.807, 2.05) is 12.1 Å². The molecular formula is C15H20N4O2. The van der Waals surface area contributed by atoms with Gasteiger partial charge in [0.15, 0.2) is 5.69 Å². The number of aromatic nitrogens is 2. The molecule has 1 aromatic carbocycles. The maximum atomic E-state index is 12.2. The summed E-state index contributed by atoms with van der Waals surface area (Å²) in [5.74, 6) is -0.330. The molecule has 2 aromatic rings. The van der Waals surface area contributed by atoms with E-state index in [1.54, 1.807) is 49.8 Å². The van der Waals surface area contributed by atoms with Crippen molar-refractivity contribution >= 4 is 11.6 Å². The number of carbonyl (C=O) groups excluding carboxylic acids is 1. The van der Waals surface area contributed by atoms with Crippen molar-refractivity contribution in [3.8, 4) is 5.69 Å². The van der Waals surface area contributed by atoms with Crippen LogP contribution in [0.5, 0.6) is 0 Å². The van der Waals surface area contributed by atoms with Gasteiger partial charge in [0.2, 0.25) is 0 Å². The molecule has 1 unspecified atom stereocenters. The molecule has 0 aliphatic rings. The maximum absolute atomic E-state index is 12.2. The Morgan fingerprint density at radius 2 is 2.14 bits per heavy atom. The Morgan fingerprint density at radius 3 is 2.76 bits per heavy atom.